The van der Waals surface area contributed by atoms with Crippen LogP contribution in [0.2, 0.25) is 0 Å². The molecular weight excluding hydrogens is 398 g/mol. The van der Waals surface area contributed by atoms with Crippen LogP contribution in [-0.2, 0) is 20.9 Å². The Morgan fingerprint density at radius 1 is 0.968 bits per heavy atom. The Morgan fingerprint density at radius 3 is 2.32 bits per heavy atom. The zero-order valence-corrected chi connectivity index (χ0v) is 17.9. The molecule has 31 heavy (non-hydrogen) atoms. The smallest absolute Gasteiger partial charge is 0.309 e. The van der Waals surface area contributed by atoms with E-state index in [4.69, 9.17) is 14.2 Å². The highest BCUT2D eigenvalue weighted by Gasteiger charge is 2.24. The van der Waals surface area contributed by atoms with Gasteiger partial charge in [-0.25, -0.2) is 0 Å². The van der Waals surface area contributed by atoms with Crippen molar-refractivity contribution < 1.29 is 23.8 Å². The Balaban J connectivity index is 1.60. The SMILES string of the molecule is COc1ccc(C(CNC(=O)C(=O)NCc2ccccc2OC)N2CCOCC2)cc1. The van der Waals surface area contributed by atoms with Crippen molar-refractivity contribution in [3.63, 3.8) is 0 Å². The highest BCUT2D eigenvalue weighted by molar-refractivity contribution is 6.35. The number of morpholine rings is 1. The molecule has 0 radical (unpaired) electrons. The average Bonchev–Trinajstić information content (AvgIpc) is 2.83. The largest absolute Gasteiger partial charge is 0.497 e. The second-order valence-electron chi connectivity index (χ2n) is 7.14. The minimum Gasteiger partial charge on any atom is -0.497 e. The standard InChI is InChI=1S/C23H29N3O5/c1-29-19-9-7-17(8-10-19)20(26-11-13-31-14-12-26)16-25-23(28)22(27)24-15-18-5-3-4-6-21(18)30-2/h3-10,20H,11-16H2,1-2H3,(H,24,27)(H,25,28). The fourth-order valence-electron chi connectivity index (χ4n) is 3.55. The van der Waals surface area contributed by atoms with Crippen LogP contribution in [0.3, 0.4) is 0 Å². The van der Waals surface area contributed by atoms with E-state index in [-0.39, 0.29) is 12.6 Å². The number of hydrogen-bond acceptors (Lipinski definition) is 6. The molecule has 0 spiro atoms. The number of methoxy groups -OCH3 is 2. The fourth-order valence-corrected chi connectivity index (χ4v) is 3.55. The number of nitrogens with zero attached hydrogens (tertiary/aromatic N) is 1. The average molecular weight is 428 g/mol. The molecule has 3 rings (SSSR count). The Morgan fingerprint density at radius 2 is 1.65 bits per heavy atom. The van der Waals surface area contributed by atoms with E-state index in [2.05, 4.69) is 15.5 Å². The summed E-state index contributed by atoms with van der Waals surface area (Å²) >= 11 is 0. The highest BCUT2D eigenvalue weighted by atomic mass is 16.5. The zero-order valence-electron chi connectivity index (χ0n) is 17.9. The third-order valence-corrected chi connectivity index (χ3v) is 5.28. The van der Waals surface area contributed by atoms with E-state index in [1.54, 1.807) is 14.2 Å². The molecule has 2 N–H and O–H groups in total. The van der Waals surface area contributed by atoms with E-state index >= 15 is 0 Å². The second kappa shape index (κ2) is 11.3. The number of ether oxygens (including phenoxy) is 3. The normalized spacial score (nSPS) is 15.0. The zero-order chi connectivity index (χ0) is 22.1. The third-order valence-electron chi connectivity index (χ3n) is 5.28. The monoisotopic (exact) mass is 427 g/mol. The van der Waals surface area contributed by atoms with Crippen molar-refractivity contribution in [2.24, 2.45) is 0 Å². The lowest BCUT2D eigenvalue weighted by Crippen LogP contribution is -2.46. The molecule has 0 bridgehead atoms. The quantitative estimate of drug-likeness (QED) is 0.621. The summed E-state index contributed by atoms with van der Waals surface area (Å²) in [7, 11) is 3.19. The maximum Gasteiger partial charge on any atom is 0.309 e. The van der Waals surface area contributed by atoms with Gasteiger partial charge >= 0.3 is 11.8 Å². The fraction of sp³-hybridized carbons (Fsp3) is 0.391. The topological polar surface area (TPSA) is 89.1 Å². The second-order valence-corrected chi connectivity index (χ2v) is 7.14. The third kappa shape index (κ3) is 6.19. The van der Waals surface area contributed by atoms with Crippen molar-refractivity contribution in [3.8, 4) is 11.5 Å². The molecule has 1 atom stereocenters. The molecule has 0 aromatic heterocycles. The molecule has 1 fully saturated rings. The van der Waals surface area contributed by atoms with Gasteiger partial charge < -0.3 is 24.8 Å². The summed E-state index contributed by atoms with van der Waals surface area (Å²) in [5.74, 6) is 0.0855. The molecule has 2 aromatic rings. The summed E-state index contributed by atoms with van der Waals surface area (Å²) < 4.78 is 16.0. The van der Waals surface area contributed by atoms with E-state index in [9.17, 15) is 9.59 Å². The van der Waals surface area contributed by atoms with Gasteiger partial charge in [0.05, 0.1) is 33.5 Å². The van der Waals surface area contributed by atoms with E-state index < -0.39 is 11.8 Å². The Bertz CT molecular complexity index is 866. The summed E-state index contributed by atoms with van der Waals surface area (Å²) in [5, 5.41) is 5.43. The number of para-hydroxylation sites is 1. The van der Waals surface area contributed by atoms with Gasteiger partial charge in [-0.1, -0.05) is 30.3 Å². The molecule has 1 aliphatic heterocycles. The van der Waals surface area contributed by atoms with Crippen LogP contribution >= 0.6 is 0 Å². The van der Waals surface area contributed by atoms with E-state index in [0.717, 1.165) is 30.0 Å². The Labute approximate surface area is 182 Å². The van der Waals surface area contributed by atoms with Gasteiger partial charge in [0.1, 0.15) is 11.5 Å². The lowest BCUT2D eigenvalue weighted by Gasteiger charge is -2.34. The van der Waals surface area contributed by atoms with Crippen molar-refractivity contribution in [1.29, 1.82) is 0 Å². The minimum atomic E-state index is -0.679. The molecule has 1 heterocycles. The molecule has 166 valence electrons. The molecule has 8 heteroatoms. The van der Waals surface area contributed by atoms with Gasteiger partial charge in [0.2, 0.25) is 0 Å². The minimum absolute atomic E-state index is 0.0687. The molecule has 8 nitrogen and oxygen atoms in total. The first-order chi connectivity index (χ1) is 15.1. The first kappa shape index (κ1) is 22.6. The van der Waals surface area contributed by atoms with Crippen LogP contribution < -0.4 is 20.1 Å². The van der Waals surface area contributed by atoms with Crippen molar-refractivity contribution in [2.45, 2.75) is 12.6 Å². The van der Waals surface area contributed by atoms with Gasteiger partial charge in [0.25, 0.3) is 0 Å². The Kier molecular flexibility index (Phi) is 8.26. The number of benzene rings is 2. The van der Waals surface area contributed by atoms with Crippen LogP contribution in [0.1, 0.15) is 17.2 Å². The number of nitrogens with one attached hydrogen (secondary N) is 2. The highest BCUT2D eigenvalue weighted by Crippen LogP contribution is 2.23. The van der Waals surface area contributed by atoms with E-state index in [1.807, 2.05) is 48.5 Å². The number of hydrogen-bond donors (Lipinski definition) is 2. The van der Waals surface area contributed by atoms with Crippen molar-refractivity contribution in [3.05, 3.63) is 59.7 Å². The molecule has 2 amide bonds. The van der Waals surface area contributed by atoms with Crippen LogP contribution in [0.25, 0.3) is 0 Å². The molecule has 0 aliphatic carbocycles. The maximum absolute atomic E-state index is 12.4. The van der Waals surface area contributed by atoms with E-state index in [1.165, 1.54) is 0 Å². The van der Waals surface area contributed by atoms with E-state index in [0.29, 0.717) is 25.5 Å². The number of carbonyl (C=O) groups excluding carboxylic acids is 2. The van der Waals surface area contributed by atoms with Gasteiger partial charge in [-0.3, -0.25) is 14.5 Å². The van der Waals surface area contributed by atoms with Gasteiger partial charge in [-0.15, -0.1) is 0 Å². The lowest BCUT2D eigenvalue weighted by atomic mass is 10.0. The van der Waals surface area contributed by atoms with Crippen molar-refractivity contribution in [2.75, 3.05) is 47.1 Å². The molecule has 2 aromatic carbocycles. The predicted octanol–water partition coefficient (Wildman–Crippen LogP) is 1.51. The molecule has 0 saturated carbocycles. The first-order valence-corrected chi connectivity index (χ1v) is 10.3. The van der Waals surface area contributed by atoms with Crippen molar-refractivity contribution in [1.82, 2.24) is 15.5 Å². The van der Waals surface area contributed by atoms with Crippen LogP contribution in [-0.4, -0.2) is 63.8 Å². The van der Waals surface area contributed by atoms with Crippen LogP contribution in [0.15, 0.2) is 48.5 Å². The maximum atomic E-state index is 12.4. The van der Waals surface area contributed by atoms with Crippen LogP contribution in [0.4, 0.5) is 0 Å². The number of carbonyl (C=O) groups is 2. The van der Waals surface area contributed by atoms with Crippen molar-refractivity contribution >= 4 is 11.8 Å². The number of rotatable bonds is 8. The molecule has 1 unspecified atom stereocenters. The molecular formula is C23H29N3O5. The summed E-state index contributed by atoms with van der Waals surface area (Å²) in [5.41, 5.74) is 1.84. The Hall–Kier alpha value is -3.10. The molecule has 1 aliphatic rings. The first-order valence-electron chi connectivity index (χ1n) is 10.3. The predicted molar refractivity (Wildman–Crippen MR) is 116 cm³/mol. The summed E-state index contributed by atoms with van der Waals surface area (Å²) in [6, 6.07) is 15.0. The summed E-state index contributed by atoms with van der Waals surface area (Å²) in [4.78, 5) is 27.0. The van der Waals surface area contributed by atoms with Crippen LogP contribution in [0.5, 0.6) is 11.5 Å². The lowest BCUT2D eigenvalue weighted by molar-refractivity contribution is -0.139. The summed E-state index contributed by atoms with van der Waals surface area (Å²) in [6.45, 7) is 3.31. The summed E-state index contributed by atoms with van der Waals surface area (Å²) in [6.07, 6.45) is 0. The van der Waals surface area contributed by atoms with Gasteiger partial charge in [0, 0.05) is 31.7 Å². The molecule has 1 saturated heterocycles. The number of amides is 2. The van der Waals surface area contributed by atoms with Crippen LogP contribution in [0, 0.1) is 0 Å². The van der Waals surface area contributed by atoms with Gasteiger partial charge in [-0.2, -0.15) is 0 Å². The van der Waals surface area contributed by atoms with Gasteiger partial charge in [0.15, 0.2) is 0 Å². The van der Waals surface area contributed by atoms with Gasteiger partial charge in [-0.05, 0) is 23.8 Å².